The number of rotatable bonds is 23. The van der Waals surface area contributed by atoms with E-state index in [1.165, 1.54) is 33.4 Å². The van der Waals surface area contributed by atoms with Gasteiger partial charge in [-0.25, -0.2) is 14.6 Å². The van der Waals surface area contributed by atoms with Gasteiger partial charge in [-0.05, 0) is 35.1 Å². The zero-order chi connectivity index (χ0) is 39.5. The third-order valence-electron chi connectivity index (χ3n) is 8.49. The quantitative estimate of drug-likeness (QED) is 0.0643. The Morgan fingerprint density at radius 1 is 0.774 bits per heavy atom. The molecule has 0 heterocycles. The number of nitrogens with one attached hydrogen (secondary N) is 5. The fourth-order valence-electron chi connectivity index (χ4n) is 5.63. The molecular formula is C37H59N7O9. The van der Waals surface area contributed by atoms with Gasteiger partial charge in [-0.15, -0.1) is 0 Å². The highest BCUT2D eigenvalue weighted by atomic mass is 16.5. The molecule has 0 saturated heterocycles. The Balaban J connectivity index is 2.53. The molecule has 296 valence electrons. The van der Waals surface area contributed by atoms with Gasteiger partial charge in [0.1, 0.15) is 6.04 Å². The van der Waals surface area contributed by atoms with E-state index >= 15 is 0 Å². The van der Waals surface area contributed by atoms with Crippen molar-refractivity contribution in [1.82, 2.24) is 31.7 Å². The Bertz CT molecular complexity index is 1430. The van der Waals surface area contributed by atoms with E-state index in [2.05, 4.69) is 26.7 Å². The minimum absolute atomic E-state index is 0.0449. The van der Waals surface area contributed by atoms with E-state index in [9.17, 15) is 24.3 Å². The molecule has 0 radical (unpaired) electrons. The molecule has 0 aliphatic heterocycles. The molecule has 0 aromatic heterocycles. The second-order valence-electron chi connectivity index (χ2n) is 13.2. The number of nitrogens with zero attached hydrogens (tertiary/aromatic N) is 1. The number of benzene rings is 2. The third-order valence-corrected chi connectivity index (χ3v) is 8.49. The van der Waals surface area contributed by atoms with Gasteiger partial charge in [-0.1, -0.05) is 64.1 Å². The van der Waals surface area contributed by atoms with Gasteiger partial charge in [0.05, 0.1) is 45.5 Å². The maximum absolute atomic E-state index is 14.4. The third kappa shape index (κ3) is 14.5. The standard InChI is InChI=1S/C37H59N7O9/c1-23(2)32(41-36(48)39-16-18-50-5)34(46)30(31(38)26-12-10-9-11-13-26)27(45)22-44(21-25-14-15-28(52-7)29(20-25)53-8)43-35(47)33(24(3)4)42-37(49)40-17-19-51-6/h9-15,20,23-24,27,30-33,45H,16-19,21-22,38H2,1-8H3,(H,43,47)(H2,39,41,48)(H2,40,42,49)/t27?,30?,31?,32-,33-/m0/s1. The van der Waals surface area contributed by atoms with E-state index in [0.29, 0.717) is 29.2 Å². The molecule has 16 heteroatoms. The first kappa shape index (κ1) is 44.7. The maximum atomic E-state index is 14.4. The van der Waals surface area contributed by atoms with Crippen molar-refractivity contribution >= 4 is 23.8 Å². The summed E-state index contributed by atoms with van der Waals surface area (Å²) in [6.45, 7) is 7.94. The number of hydrogen-bond donors (Lipinski definition) is 7. The number of ether oxygens (including phenoxy) is 4. The Hall–Kier alpha value is -4.48. The molecule has 0 spiro atoms. The van der Waals surface area contributed by atoms with Crippen LogP contribution in [0.25, 0.3) is 0 Å². The second kappa shape index (κ2) is 23.2. The van der Waals surface area contributed by atoms with Gasteiger partial charge in [0.15, 0.2) is 17.3 Å². The highest BCUT2D eigenvalue weighted by molar-refractivity contribution is 5.91. The number of aliphatic hydroxyl groups is 1. The molecule has 0 fully saturated rings. The van der Waals surface area contributed by atoms with Crippen LogP contribution in [0.5, 0.6) is 11.5 Å². The number of carbonyl (C=O) groups excluding carboxylic acids is 4. The summed E-state index contributed by atoms with van der Waals surface area (Å²) in [6.07, 6.45) is -1.46. The molecule has 5 atom stereocenters. The van der Waals surface area contributed by atoms with Crippen molar-refractivity contribution in [1.29, 1.82) is 0 Å². The van der Waals surface area contributed by atoms with Gasteiger partial charge < -0.3 is 51.1 Å². The number of Topliss-reactive ketones (excluding diaryl/α,β-unsaturated/α-hetero) is 1. The number of hydrogen-bond acceptors (Lipinski definition) is 11. The molecule has 3 unspecified atom stereocenters. The molecule has 2 aromatic rings. The zero-order valence-corrected chi connectivity index (χ0v) is 32.1. The van der Waals surface area contributed by atoms with Gasteiger partial charge in [-0.3, -0.25) is 15.0 Å². The lowest BCUT2D eigenvalue weighted by Crippen LogP contribution is -2.58. The van der Waals surface area contributed by atoms with Crippen LogP contribution < -0.4 is 41.9 Å². The molecule has 0 aliphatic rings. The first-order valence-corrected chi connectivity index (χ1v) is 17.6. The topological polar surface area (TPSA) is 215 Å². The fraction of sp³-hybridized carbons (Fsp3) is 0.568. The summed E-state index contributed by atoms with van der Waals surface area (Å²) >= 11 is 0. The summed E-state index contributed by atoms with van der Waals surface area (Å²) in [4.78, 5) is 53.7. The smallest absolute Gasteiger partial charge is 0.315 e. The number of amides is 5. The van der Waals surface area contributed by atoms with Crippen LogP contribution in [0, 0.1) is 17.8 Å². The van der Waals surface area contributed by atoms with Crippen molar-refractivity contribution in [2.45, 2.75) is 58.5 Å². The molecule has 53 heavy (non-hydrogen) atoms. The van der Waals surface area contributed by atoms with Crippen molar-refractivity contribution in [3.63, 3.8) is 0 Å². The summed E-state index contributed by atoms with van der Waals surface area (Å²) in [5, 5.41) is 24.3. The lowest BCUT2D eigenvalue weighted by molar-refractivity contribution is -0.133. The van der Waals surface area contributed by atoms with Gasteiger partial charge in [-0.2, -0.15) is 0 Å². The predicted molar refractivity (Wildman–Crippen MR) is 200 cm³/mol. The van der Waals surface area contributed by atoms with Gasteiger partial charge >= 0.3 is 12.1 Å². The molecular weight excluding hydrogens is 686 g/mol. The highest BCUT2D eigenvalue weighted by Crippen LogP contribution is 2.29. The van der Waals surface area contributed by atoms with Crippen molar-refractivity contribution in [3.8, 4) is 11.5 Å². The monoisotopic (exact) mass is 745 g/mol. The van der Waals surface area contributed by atoms with Crippen LogP contribution >= 0.6 is 0 Å². The number of urea groups is 2. The molecule has 16 nitrogen and oxygen atoms in total. The fourth-order valence-corrected chi connectivity index (χ4v) is 5.63. The highest BCUT2D eigenvalue weighted by Gasteiger charge is 2.40. The van der Waals surface area contributed by atoms with Crippen LogP contribution in [0.1, 0.15) is 44.9 Å². The minimum Gasteiger partial charge on any atom is -0.493 e. The number of methoxy groups -OCH3 is 4. The number of carbonyl (C=O) groups is 4. The van der Waals surface area contributed by atoms with Crippen LogP contribution in [-0.4, -0.2) is 113 Å². The first-order valence-electron chi connectivity index (χ1n) is 17.6. The van der Waals surface area contributed by atoms with Crippen molar-refractivity contribution < 1.29 is 43.2 Å². The van der Waals surface area contributed by atoms with E-state index < -0.39 is 53.9 Å². The zero-order valence-electron chi connectivity index (χ0n) is 32.1. The van der Waals surface area contributed by atoms with Gasteiger partial charge in [0, 0.05) is 46.4 Å². The molecule has 5 amide bonds. The largest absolute Gasteiger partial charge is 0.493 e. The Morgan fingerprint density at radius 3 is 1.83 bits per heavy atom. The van der Waals surface area contributed by atoms with E-state index in [1.807, 2.05) is 6.07 Å². The Labute approximate surface area is 312 Å². The molecule has 2 rings (SSSR count). The van der Waals surface area contributed by atoms with E-state index in [4.69, 9.17) is 24.7 Å². The van der Waals surface area contributed by atoms with Crippen LogP contribution in [0.15, 0.2) is 48.5 Å². The molecule has 8 N–H and O–H groups in total. The van der Waals surface area contributed by atoms with Crippen molar-refractivity contribution in [2.75, 3.05) is 61.3 Å². The summed E-state index contributed by atoms with van der Waals surface area (Å²) in [5.74, 6) is -2.04. The number of aliphatic hydroxyl groups excluding tert-OH is 1. The van der Waals surface area contributed by atoms with Crippen molar-refractivity contribution in [2.24, 2.45) is 23.5 Å². The minimum atomic E-state index is -1.46. The number of nitrogens with two attached hydrogens (primary N) is 1. The first-order chi connectivity index (χ1) is 25.3. The van der Waals surface area contributed by atoms with E-state index in [-0.39, 0.29) is 44.6 Å². The van der Waals surface area contributed by atoms with Gasteiger partial charge in [0.25, 0.3) is 5.91 Å². The van der Waals surface area contributed by atoms with Crippen LogP contribution in [-0.2, 0) is 25.6 Å². The predicted octanol–water partition coefficient (Wildman–Crippen LogP) is 1.72. The van der Waals surface area contributed by atoms with Crippen LogP contribution in [0.4, 0.5) is 9.59 Å². The molecule has 0 aliphatic carbocycles. The Kier molecular flexibility index (Phi) is 19.6. The van der Waals surface area contributed by atoms with Crippen LogP contribution in [0.2, 0.25) is 0 Å². The second-order valence-corrected chi connectivity index (χ2v) is 13.2. The summed E-state index contributed by atoms with van der Waals surface area (Å²) < 4.78 is 20.9. The average Bonchev–Trinajstić information content (AvgIpc) is 3.12. The number of ketones is 1. The molecule has 0 bridgehead atoms. The maximum Gasteiger partial charge on any atom is 0.315 e. The average molecular weight is 746 g/mol. The normalized spacial score (nSPS) is 14.1. The lowest BCUT2D eigenvalue weighted by atomic mass is 9.80. The summed E-state index contributed by atoms with van der Waals surface area (Å²) in [5.41, 5.74) is 10.9. The SMILES string of the molecule is COCCNC(=O)N[C@H](C(=O)NN(Cc1ccc(OC)c(OC)c1)CC(O)C(C(=O)[C@@H](NC(=O)NCCOC)C(C)C)C(N)c1ccccc1)C(C)C. The van der Waals surface area contributed by atoms with E-state index in [1.54, 1.807) is 70.2 Å². The summed E-state index contributed by atoms with van der Waals surface area (Å²) in [6, 6.07) is 9.97. The van der Waals surface area contributed by atoms with Crippen molar-refractivity contribution in [3.05, 3.63) is 59.7 Å². The summed E-state index contributed by atoms with van der Waals surface area (Å²) in [7, 11) is 6.03. The van der Waals surface area contributed by atoms with Crippen LogP contribution in [0.3, 0.4) is 0 Å². The lowest BCUT2D eigenvalue weighted by Gasteiger charge is -2.35. The number of hydrazine groups is 1. The van der Waals surface area contributed by atoms with Gasteiger partial charge in [0.2, 0.25) is 0 Å². The molecule has 0 saturated carbocycles. The molecule has 2 aromatic carbocycles. The van der Waals surface area contributed by atoms with E-state index in [0.717, 1.165) is 0 Å². The Morgan fingerprint density at radius 2 is 1.32 bits per heavy atom.